The van der Waals surface area contributed by atoms with Gasteiger partial charge in [-0.25, -0.2) is 4.79 Å². The molecule has 0 unspecified atom stereocenters. The topological polar surface area (TPSA) is 69.4 Å². The van der Waals surface area contributed by atoms with Gasteiger partial charge in [-0.2, -0.15) is 0 Å². The van der Waals surface area contributed by atoms with Crippen LogP contribution < -0.4 is 0 Å². The summed E-state index contributed by atoms with van der Waals surface area (Å²) in [6.07, 6.45) is 0. The molecule has 0 fully saturated rings. The lowest BCUT2D eigenvalue weighted by atomic mass is 10.2. The second kappa shape index (κ2) is 6.00. The van der Waals surface area contributed by atoms with Crippen molar-refractivity contribution in [1.29, 1.82) is 0 Å². The van der Waals surface area contributed by atoms with Crippen LogP contribution in [0.1, 0.15) is 12.5 Å². The molecule has 0 aliphatic rings. The Morgan fingerprint density at radius 3 is 2.47 bits per heavy atom. The predicted octanol–water partition coefficient (Wildman–Crippen LogP) is 2.43. The smallest absolute Gasteiger partial charge is 0.411 e. The lowest BCUT2D eigenvalue weighted by Gasteiger charge is -2.02. The number of hydrogen-bond donors (Lipinski definition) is 0. The van der Waals surface area contributed by atoms with Crippen molar-refractivity contribution < 1.29 is 14.5 Å². The Bertz CT molecular complexity index is 456. The number of esters is 1. The Morgan fingerprint density at radius 2 is 2.00 bits per heavy atom. The molecule has 17 heavy (non-hydrogen) atoms. The van der Waals surface area contributed by atoms with Crippen molar-refractivity contribution >= 4 is 22.6 Å². The first-order valence-corrected chi connectivity index (χ1v) is 5.22. The largest absolute Gasteiger partial charge is 0.458 e. The third-order valence-corrected chi connectivity index (χ3v) is 2.28. The maximum absolute atomic E-state index is 11.4. The van der Waals surface area contributed by atoms with Crippen LogP contribution in [0.5, 0.6) is 0 Å². The number of rotatable bonds is 4. The van der Waals surface area contributed by atoms with E-state index in [-0.39, 0.29) is 11.6 Å². The summed E-state index contributed by atoms with van der Waals surface area (Å²) < 4.78 is 4.59. The second-order valence-electron chi connectivity index (χ2n) is 3.01. The van der Waals surface area contributed by atoms with E-state index < -0.39 is 16.6 Å². The molecule has 0 N–H and O–H groups in total. The number of ether oxygens (including phenoxy) is 1. The predicted molar refractivity (Wildman–Crippen MR) is 62.8 cm³/mol. The van der Waals surface area contributed by atoms with E-state index in [9.17, 15) is 14.9 Å². The molecule has 0 bridgehead atoms. The lowest BCUT2D eigenvalue weighted by molar-refractivity contribution is -0.420. The Labute approximate surface area is 103 Å². The van der Waals surface area contributed by atoms with Crippen LogP contribution in [0.2, 0.25) is 0 Å². The van der Waals surface area contributed by atoms with Gasteiger partial charge in [-0.05, 0) is 6.92 Å². The van der Waals surface area contributed by atoms with E-state index in [1.54, 1.807) is 37.3 Å². The van der Waals surface area contributed by atoms with Crippen molar-refractivity contribution in [3.63, 3.8) is 0 Å². The zero-order valence-corrected chi connectivity index (χ0v) is 9.81. The van der Waals surface area contributed by atoms with Gasteiger partial charge in [0.2, 0.25) is 0 Å². The zero-order valence-electron chi connectivity index (χ0n) is 9.05. The summed E-state index contributed by atoms with van der Waals surface area (Å²) in [5.41, 5.74) is -0.353. The van der Waals surface area contributed by atoms with Crippen molar-refractivity contribution in [1.82, 2.24) is 0 Å². The van der Waals surface area contributed by atoms with Crippen LogP contribution in [-0.4, -0.2) is 17.5 Å². The molecule has 0 spiro atoms. The molecular weight excluding hydrogens is 246 g/mol. The first-order chi connectivity index (χ1) is 8.07. The molecular formula is C11H10ClNO4. The van der Waals surface area contributed by atoms with E-state index in [1.807, 2.05) is 0 Å². The first kappa shape index (κ1) is 13.2. The van der Waals surface area contributed by atoms with Crippen molar-refractivity contribution in [2.45, 2.75) is 6.92 Å². The molecule has 0 aromatic heterocycles. The summed E-state index contributed by atoms with van der Waals surface area (Å²) in [6.45, 7) is 1.61. The Hall–Kier alpha value is -1.88. The highest BCUT2D eigenvalue weighted by atomic mass is 35.5. The van der Waals surface area contributed by atoms with E-state index in [0.29, 0.717) is 5.56 Å². The molecule has 0 amide bonds. The molecule has 0 saturated heterocycles. The van der Waals surface area contributed by atoms with Gasteiger partial charge in [0.25, 0.3) is 0 Å². The monoisotopic (exact) mass is 255 g/mol. The van der Waals surface area contributed by atoms with Gasteiger partial charge in [-0.3, -0.25) is 10.1 Å². The normalized spacial score (nSPS) is 11.6. The number of halogens is 1. The van der Waals surface area contributed by atoms with Gasteiger partial charge in [0, 0.05) is 5.56 Å². The number of carbonyl (C=O) groups is 1. The number of nitrogens with zero attached hydrogens (tertiary/aromatic N) is 1. The van der Waals surface area contributed by atoms with E-state index in [1.165, 1.54) is 0 Å². The van der Waals surface area contributed by atoms with Gasteiger partial charge in [0.15, 0.2) is 0 Å². The van der Waals surface area contributed by atoms with Gasteiger partial charge < -0.3 is 4.74 Å². The van der Waals surface area contributed by atoms with Gasteiger partial charge >= 0.3 is 11.7 Å². The average Bonchev–Trinajstić information content (AvgIpc) is 2.30. The molecule has 0 aliphatic heterocycles. The molecule has 0 atom stereocenters. The van der Waals surface area contributed by atoms with E-state index >= 15 is 0 Å². The van der Waals surface area contributed by atoms with Crippen LogP contribution in [0.3, 0.4) is 0 Å². The fourth-order valence-electron chi connectivity index (χ4n) is 1.16. The average molecular weight is 256 g/mol. The number of hydrogen-bond acceptors (Lipinski definition) is 4. The van der Waals surface area contributed by atoms with Gasteiger partial charge in [0.05, 0.1) is 11.5 Å². The molecule has 0 radical (unpaired) electrons. The van der Waals surface area contributed by atoms with Crippen LogP contribution >= 0.6 is 11.6 Å². The summed E-state index contributed by atoms with van der Waals surface area (Å²) >= 11 is 5.83. The molecule has 0 heterocycles. The minimum Gasteiger partial charge on any atom is -0.458 e. The molecule has 90 valence electrons. The summed E-state index contributed by atoms with van der Waals surface area (Å²) in [4.78, 5) is 21.3. The van der Waals surface area contributed by atoms with Crippen LogP contribution in [0.25, 0.3) is 5.03 Å². The summed E-state index contributed by atoms with van der Waals surface area (Å²) in [5.74, 6) is -1.04. The zero-order chi connectivity index (χ0) is 12.8. The number of benzene rings is 1. The Morgan fingerprint density at radius 1 is 1.41 bits per heavy atom. The highest BCUT2D eigenvalue weighted by Gasteiger charge is 2.28. The minimum absolute atomic E-state index is 0.0507. The lowest BCUT2D eigenvalue weighted by Crippen LogP contribution is -2.15. The number of carbonyl (C=O) groups excluding carboxylic acids is 1. The fraction of sp³-hybridized carbons (Fsp3) is 0.182. The number of nitro groups is 1. The third-order valence-electron chi connectivity index (χ3n) is 1.89. The molecule has 1 aromatic carbocycles. The molecule has 5 nitrogen and oxygen atoms in total. The van der Waals surface area contributed by atoms with Gasteiger partial charge in [0.1, 0.15) is 5.03 Å². The van der Waals surface area contributed by atoms with Crippen LogP contribution in [0, 0.1) is 10.1 Å². The highest BCUT2D eigenvalue weighted by Crippen LogP contribution is 2.24. The summed E-state index contributed by atoms with van der Waals surface area (Å²) in [6, 6.07) is 8.22. The highest BCUT2D eigenvalue weighted by molar-refractivity contribution is 6.50. The Kier molecular flexibility index (Phi) is 4.66. The quantitative estimate of drug-likeness (QED) is 0.359. The first-order valence-electron chi connectivity index (χ1n) is 4.84. The second-order valence-corrected chi connectivity index (χ2v) is 3.38. The van der Waals surface area contributed by atoms with Gasteiger partial charge in [-0.1, -0.05) is 41.9 Å². The van der Waals surface area contributed by atoms with E-state index in [2.05, 4.69) is 4.74 Å². The standard InChI is InChI=1S/C11H10ClNO4/c1-2-17-11(14)10(13(15)16)9(12)8-6-4-3-5-7-8/h3-7H,2H2,1H3. The van der Waals surface area contributed by atoms with Crippen molar-refractivity contribution in [3.05, 3.63) is 51.7 Å². The summed E-state index contributed by atoms with van der Waals surface area (Å²) in [5, 5.41) is 10.6. The van der Waals surface area contributed by atoms with Crippen molar-refractivity contribution in [2.75, 3.05) is 6.61 Å². The van der Waals surface area contributed by atoms with Crippen molar-refractivity contribution in [3.8, 4) is 0 Å². The summed E-state index contributed by atoms with van der Waals surface area (Å²) in [7, 11) is 0. The SMILES string of the molecule is CCOC(=O)C(=C(Cl)c1ccccc1)[N+](=O)[O-]. The van der Waals surface area contributed by atoms with Crippen LogP contribution in [0.15, 0.2) is 36.0 Å². The van der Waals surface area contributed by atoms with Crippen LogP contribution in [-0.2, 0) is 9.53 Å². The van der Waals surface area contributed by atoms with E-state index in [4.69, 9.17) is 11.6 Å². The molecule has 1 rings (SSSR count). The molecule has 0 saturated carbocycles. The van der Waals surface area contributed by atoms with Crippen molar-refractivity contribution in [2.24, 2.45) is 0 Å². The molecule has 1 aromatic rings. The fourth-order valence-corrected chi connectivity index (χ4v) is 1.44. The van der Waals surface area contributed by atoms with Crippen LogP contribution in [0.4, 0.5) is 0 Å². The molecule has 6 heteroatoms. The van der Waals surface area contributed by atoms with Gasteiger partial charge in [-0.15, -0.1) is 0 Å². The Balaban J connectivity index is 3.21. The molecule has 0 aliphatic carbocycles. The minimum atomic E-state index is -1.04. The maximum atomic E-state index is 11.4. The van der Waals surface area contributed by atoms with E-state index in [0.717, 1.165) is 0 Å². The maximum Gasteiger partial charge on any atom is 0.411 e. The third kappa shape index (κ3) is 3.29.